The largest absolute Gasteiger partial charge is 0.379 e. The first kappa shape index (κ1) is 13.6. The van der Waals surface area contributed by atoms with Gasteiger partial charge in [-0.25, -0.2) is 0 Å². The van der Waals surface area contributed by atoms with Gasteiger partial charge in [-0.2, -0.15) is 0 Å². The van der Waals surface area contributed by atoms with E-state index in [1.54, 1.807) is 25.6 Å². The number of carbonyl (C=O) groups is 1. The van der Waals surface area contributed by atoms with Crippen molar-refractivity contribution in [2.24, 2.45) is 0 Å². The molecule has 0 fully saturated rings. The normalized spacial score (nSPS) is 10.4. The smallest absolute Gasteiger partial charge is 0.261 e. The maximum absolute atomic E-state index is 11.9. The lowest BCUT2D eigenvalue weighted by molar-refractivity contribution is 0.0954. The minimum absolute atomic E-state index is 0.102. The standard InChI is InChI=1S/C13H15N3O2S/c1-9-5-15-10(6-14-9)7-16-13(17)12-4-3-11(19-12)8-18-2/h3-6H,7-8H2,1-2H3,(H,16,17). The van der Waals surface area contributed by atoms with E-state index in [2.05, 4.69) is 15.3 Å². The first-order valence-corrected chi connectivity index (χ1v) is 6.64. The highest BCUT2D eigenvalue weighted by molar-refractivity contribution is 7.14. The summed E-state index contributed by atoms with van der Waals surface area (Å²) in [7, 11) is 1.63. The Labute approximate surface area is 115 Å². The third-order valence-corrected chi connectivity index (χ3v) is 3.49. The number of rotatable bonds is 5. The van der Waals surface area contributed by atoms with Crippen molar-refractivity contribution >= 4 is 17.2 Å². The fourth-order valence-electron chi connectivity index (χ4n) is 1.49. The summed E-state index contributed by atoms with van der Waals surface area (Å²) in [5.74, 6) is -0.102. The minimum atomic E-state index is -0.102. The molecule has 2 heterocycles. The molecule has 6 heteroatoms. The summed E-state index contributed by atoms with van der Waals surface area (Å²) in [6, 6.07) is 3.70. The summed E-state index contributed by atoms with van der Waals surface area (Å²) in [5.41, 5.74) is 1.60. The number of methoxy groups -OCH3 is 1. The van der Waals surface area contributed by atoms with Gasteiger partial charge in [0, 0.05) is 18.2 Å². The van der Waals surface area contributed by atoms with Crippen LogP contribution in [-0.4, -0.2) is 23.0 Å². The molecule has 0 aromatic carbocycles. The second-order valence-corrected chi connectivity index (χ2v) is 5.20. The van der Waals surface area contributed by atoms with Gasteiger partial charge in [-0.05, 0) is 19.1 Å². The van der Waals surface area contributed by atoms with E-state index in [1.807, 2.05) is 13.0 Å². The fraction of sp³-hybridized carbons (Fsp3) is 0.308. The molecule has 1 N–H and O–H groups in total. The van der Waals surface area contributed by atoms with Crippen LogP contribution >= 0.6 is 11.3 Å². The zero-order valence-electron chi connectivity index (χ0n) is 10.8. The quantitative estimate of drug-likeness (QED) is 0.907. The van der Waals surface area contributed by atoms with E-state index in [0.717, 1.165) is 16.3 Å². The van der Waals surface area contributed by atoms with Gasteiger partial charge in [0.05, 0.1) is 35.6 Å². The van der Waals surface area contributed by atoms with Crippen molar-refractivity contribution in [2.75, 3.05) is 7.11 Å². The number of aromatic nitrogens is 2. The lowest BCUT2D eigenvalue weighted by Crippen LogP contribution is -2.22. The first-order valence-electron chi connectivity index (χ1n) is 5.82. The molecule has 0 atom stereocenters. The SMILES string of the molecule is COCc1ccc(C(=O)NCc2cnc(C)cn2)s1. The molecule has 0 unspecified atom stereocenters. The summed E-state index contributed by atoms with van der Waals surface area (Å²) in [6.07, 6.45) is 3.35. The second-order valence-electron chi connectivity index (χ2n) is 4.03. The highest BCUT2D eigenvalue weighted by atomic mass is 32.1. The lowest BCUT2D eigenvalue weighted by atomic mass is 10.4. The second kappa shape index (κ2) is 6.40. The van der Waals surface area contributed by atoms with Gasteiger partial charge in [0.1, 0.15) is 0 Å². The molecule has 0 aliphatic heterocycles. The van der Waals surface area contributed by atoms with Crippen molar-refractivity contribution in [3.8, 4) is 0 Å². The van der Waals surface area contributed by atoms with Crippen molar-refractivity contribution in [1.29, 1.82) is 0 Å². The Balaban J connectivity index is 1.91. The molecule has 0 saturated heterocycles. The van der Waals surface area contributed by atoms with Crippen LogP contribution in [0.15, 0.2) is 24.5 Å². The topological polar surface area (TPSA) is 64.1 Å². The monoisotopic (exact) mass is 277 g/mol. The number of ether oxygens (including phenoxy) is 1. The third-order valence-electron chi connectivity index (χ3n) is 2.44. The average Bonchev–Trinajstić information content (AvgIpc) is 2.87. The fourth-order valence-corrected chi connectivity index (χ4v) is 2.38. The Bertz CT molecular complexity index is 551. The lowest BCUT2D eigenvalue weighted by Gasteiger charge is -2.02. The number of hydrogen-bond donors (Lipinski definition) is 1. The van der Waals surface area contributed by atoms with E-state index in [-0.39, 0.29) is 5.91 Å². The van der Waals surface area contributed by atoms with Crippen molar-refractivity contribution in [3.05, 3.63) is 45.7 Å². The van der Waals surface area contributed by atoms with Crippen LogP contribution in [-0.2, 0) is 17.9 Å². The van der Waals surface area contributed by atoms with Crippen LogP contribution in [0.4, 0.5) is 0 Å². The van der Waals surface area contributed by atoms with Crippen LogP contribution in [0, 0.1) is 6.92 Å². The first-order chi connectivity index (χ1) is 9.19. The number of nitrogens with one attached hydrogen (secondary N) is 1. The molecule has 0 radical (unpaired) electrons. The van der Waals surface area contributed by atoms with Gasteiger partial charge in [-0.15, -0.1) is 11.3 Å². The molecule has 0 spiro atoms. The van der Waals surface area contributed by atoms with Crippen molar-refractivity contribution < 1.29 is 9.53 Å². The number of nitrogens with zero attached hydrogens (tertiary/aromatic N) is 2. The van der Waals surface area contributed by atoms with Crippen molar-refractivity contribution in [1.82, 2.24) is 15.3 Å². The molecule has 1 amide bonds. The van der Waals surface area contributed by atoms with Gasteiger partial charge in [0.15, 0.2) is 0 Å². The molecule has 0 saturated carbocycles. The molecule has 0 aliphatic rings. The van der Waals surface area contributed by atoms with E-state index in [4.69, 9.17) is 4.74 Å². The molecule has 0 bridgehead atoms. The van der Waals surface area contributed by atoms with Crippen LogP contribution in [0.2, 0.25) is 0 Å². The zero-order valence-corrected chi connectivity index (χ0v) is 11.7. The van der Waals surface area contributed by atoms with E-state index in [1.165, 1.54) is 11.3 Å². The van der Waals surface area contributed by atoms with E-state index < -0.39 is 0 Å². The Hall–Kier alpha value is -1.79. The Morgan fingerprint density at radius 3 is 2.89 bits per heavy atom. The van der Waals surface area contributed by atoms with Gasteiger partial charge in [0.25, 0.3) is 5.91 Å². The maximum Gasteiger partial charge on any atom is 0.261 e. The molecule has 2 aromatic heterocycles. The van der Waals surface area contributed by atoms with E-state index in [0.29, 0.717) is 18.0 Å². The molecule has 100 valence electrons. The average molecular weight is 277 g/mol. The molecule has 0 aliphatic carbocycles. The molecular weight excluding hydrogens is 262 g/mol. The summed E-state index contributed by atoms with van der Waals surface area (Å²) in [4.78, 5) is 21.9. The number of carbonyl (C=O) groups excluding carboxylic acids is 1. The molecular formula is C13H15N3O2S. The van der Waals surface area contributed by atoms with Crippen LogP contribution in [0.1, 0.15) is 25.9 Å². The highest BCUT2D eigenvalue weighted by Crippen LogP contribution is 2.17. The van der Waals surface area contributed by atoms with Crippen LogP contribution in [0.25, 0.3) is 0 Å². The summed E-state index contributed by atoms with van der Waals surface area (Å²) >= 11 is 1.43. The van der Waals surface area contributed by atoms with Crippen LogP contribution in [0.5, 0.6) is 0 Å². The summed E-state index contributed by atoms with van der Waals surface area (Å²) in [6.45, 7) is 2.78. The Morgan fingerprint density at radius 2 is 2.21 bits per heavy atom. The molecule has 19 heavy (non-hydrogen) atoms. The highest BCUT2D eigenvalue weighted by Gasteiger charge is 2.09. The number of hydrogen-bond acceptors (Lipinski definition) is 5. The summed E-state index contributed by atoms with van der Waals surface area (Å²) in [5, 5.41) is 2.82. The number of thiophene rings is 1. The van der Waals surface area contributed by atoms with Gasteiger partial charge in [-0.1, -0.05) is 0 Å². The third kappa shape index (κ3) is 3.84. The predicted molar refractivity (Wildman–Crippen MR) is 73.0 cm³/mol. The van der Waals surface area contributed by atoms with Gasteiger partial charge in [-0.3, -0.25) is 14.8 Å². The Morgan fingerprint density at radius 1 is 1.37 bits per heavy atom. The summed E-state index contributed by atoms with van der Waals surface area (Å²) < 4.78 is 5.02. The van der Waals surface area contributed by atoms with Gasteiger partial charge >= 0.3 is 0 Å². The maximum atomic E-state index is 11.9. The zero-order chi connectivity index (χ0) is 13.7. The predicted octanol–water partition coefficient (Wildman–Crippen LogP) is 1.92. The van der Waals surface area contributed by atoms with Crippen LogP contribution in [0.3, 0.4) is 0 Å². The van der Waals surface area contributed by atoms with Crippen LogP contribution < -0.4 is 5.32 Å². The minimum Gasteiger partial charge on any atom is -0.379 e. The van der Waals surface area contributed by atoms with E-state index >= 15 is 0 Å². The molecule has 5 nitrogen and oxygen atoms in total. The van der Waals surface area contributed by atoms with Crippen molar-refractivity contribution in [3.63, 3.8) is 0 Å². The van der Waals surface area contributed by atoms with Crippen molar-refractivity contribution in [2.45, 2.75) is 20.1 Å². The van der Waals surface area contributed by atoms with Gasteiger partial charge < -0.3 is 10.1 Å². The molecule has 2 rings (SSSR count). The number of aryl methyl sites for hydroxylation is 1. The Kier molecular flexibility index (Phi) is 4.59. The van der Waals surface area contributed by atoms with Gasteiger partial charge in [0.2, 0.25) is 0 Å². The molecule has 2 aromatic rings. The number of amides is 1. The van der Waals surface area contributed by atoms with E-state index in [9.17, 15) is 4.79 Å².